The molecule has 0 amide bonds. The van der Waals surface area contributed by atoms with Crippen LogP contribution in [-0.4, -0.2) is 77.0 Å². The predicted octanol–water partition coefficient (Wildman–Crippen LogP) is 0.500. The molecule has 1 saturated heterocycles. The summed E-state index contributed by atoms with van der Waals surface area (Å²) in [6.07, 6.45) is 1.85. The van der Waals surface area contributed by atoms with Gasteiger partial charge < -0.3 is 24.4 Å². The van der Waals surface area contributed by atoms with Gasteiger partial charge in [-0.05, 0) is 19.8 Å². The van der Waals surface area contributed by atoms with Crippen molar-refractivity contribution in [1.82, 2.24) is 10.2 Å². The molecule has 0 aromatic heterocycles. The normalized spacial score (nSPS) is 19.1. The van der Waals surface area contributed by atoms with E-state index in [0.29, 0.717) is 39.5 Å². The molecule has 7 heteroatoms. The maximum absolute atomic E-state index is 11.9. The number of likely N-dealkylation sites (tertiary alicyclic amines) is 1. The molecule has 7 nitrogen and oxygen atoms in total. The Labute approximate surface area is 133 Å². The highest BCUT2D eigenvalue weighted by atomic mass is 16.5. The zero-order valence-corrected chi connectivity index (χ0v) is 14.0. The highest BCUT2D eigenvalue weighted by molar-refractivity contribution is 5.81. The number of hydrogen-bond acceptors (Lipinski definition) is 5. The van der Waals surface area contributed by atoms with Crippen LogP contribution in [-0.2, 0) is 19.0 Å². The fourth-order valence-electron chi connectivity index (χ4n) is 2.43. The maximum atomic E-state index is 11.9. The Hall–Kier alpha value is -1.34. The molecular weight excluding hydrogens is 286 g/mol. The Balaban J connectivity index is 2.34. The van der Waals surface area contributed by atoms with Gasteiger partial charge >= 0.3 is 5.97 Å². The van der Waals surface area contributed by atoms with Gasteiger partial charge in [0, 0.05) is 33.8 Å². The van der Waals surface area contributed by atoms with Crippen LogP contribution >= 0.6 is 0 Å². The van der Waals surface area contributed by atoms with E-state index in [1.165, 1.54) is 0 Å². The molecule has 0 radical (unpaired) electrons. The number of nitrogens with zero attached hydrogens (tertiary/aromatic N) is 2. The van der Waals surface area contributed by atoms with Crippen molar-refractivity contribution >= 4 is 11.9 Å². The summed E-state index contributed by atoms with van der Waals surface area (Å²) in [5.41, 5.74) is 0. The predicted molar refractivity (Wildman–Crippen MR) is 85.0 cm³/mol. The molecule has 0 aromatic rings. The molecule has 1 rings (SSSR count). The molecule has 1 heterocycles. The van der Waals surface area contributed by atoms with Crippen LogP contribution in [0.3, 0.4) is 0 Å². The fourth-order valence-corrected chi connectivity index (χ4v) is 2.43. The van der Waals surface area contributed by atoms with Crippen LogP contribution in [0.15, 0.2) is 4.99 Å². The van der Waals surface area contributed by atoms with Crippen molar-refractivity contribution in [2.75, 3.05) is 60.2 Å². The molecule has 0 aliphatic carbocycles. The number of guanidine groups is 1. The summed E-state index contributed by atoms with van der Waals surface area (Å²) in [6.45, 7) is 6.29. The molecule has 0 bridgehead atoms. The molecule has 1 atom stereocenters. The standard InChI is InChI=1S/C15H29N3O4/c1-4-22-14(19)13-6-5-8-18(12-13)15(16-2)17-7-9-21-11-10-20-3/h13H,4-12H2,1-3H3,(H,16,17). The van der Waals surface area contributed by atoms with Gasteiger partial charge in [0.05, 0.1) is 32.3 Å². The van der Waals surface area contributed by atoms with E-state index in [-0.39, 0.29) is 11.9 Å². The lowest BCUT2D eigenvalue weighted by Crippen LogP contribution is -2.48. The molecule has 1 unspecified atom stereocenters. The molecule has 22 heavy (non-hydrogen) atoms. The molecule has 1 fully saturated rings. The van der Waals surface area contributed by atoms with Crippen LogP contribution in [0.25, 0.3) is 0 Å². The second kappa shape index (κ2) is 11.3. The van der Waals surface area contributed by atoms with E-state index in [4.69, 9.17) is 14.2 Å². The van der Waals surface area contributed by atoms with Crippen molar-refractivity contribution < 1.29 is 19.0 Å². The van der Waals surface area contributed by atoms with E-state index < -0.39 is 0 Å². The number of piperidine rings is 1. The highest BCUT2D eigenvalue weighted by Gasteiger charge is 2.28. The summed E-state index contributed by atoms with van der Waals surface area (Å²) in [6, 6.07) is 0. The van der Waals surface area contributed by atoms with E-state index in [1.54, 1.807) is 14.2 Å². The average Bonchev–Trinajstić information content (AvgIpc) is 2.54. The lowest BCUT2D eigenvalue weighted by molar-refractivity contribution is -0.149. The van der Waals surface area contributed by atoms with Crippen molar-refractivity contribution in [3.05, 3.63) is 0 Å². The number of rotatable bonds is 8. The number of nitrogens with one attached hydrogen (secondary N) is 1. The van der Waals surface area contributed by atoms with Gasteiger partial charge in [0.1, 0.15) is 0 Å². The van der Waals surface area contributed by atoms with Gasteiger partial charge in [0.2, 0.25) is 0 Å². The van der Waals surface area contributed by atoms with Crippen molar-refractivity contribution in [2.24, 2.45) is 10.9 Å². The molecule has 0 spiro atoms. The minimum Gasteiger partial charge on any atom is -0.466 e. The van der Waals surface area contributed by atoms with Crippen molar-refractivity contribution in [2.45, 2.75) is 19.8 Å². The summed E-state index contributed by atoms with van der Waals surface area (Å²) in [7, 11) is 3.40. The van der Waals surface area contributed by atoms with Gasteiger partial charge in [-0.2, -0.15) is 0 Å². The zero-order valence-electron chi connectivity index (χ0n) is 14.0. The Morgan fingerprint density at radius 2 is 2.18 bits per heavy atom. The summed E-state index contributed by atoms with van der Waals surface area (Å²) >= 11 is 0. The van der Waals surface area contributed by atoms with Crippen LogP contribution in [0, 0.1) is 5.92 Å². The van der Waals surface area contributed by atoms with Crippen LogP contribution in [0.5, 0.6) is 0 Å². The van der Waals surface area contributed by atoms with Crippen molar-refractivity contribution in [3.63, 3.8) is 0 Å². The van der Waals surface area contributed by atoms with Gasteiger partial charge in [0.15, 0.2) is 5.96 Å². The molecule has 0 saturated carbocycles. The lowest BCUT2D eigenvalue weighted by atomic mass is 9.98. The number of carbonyl (C=O) groups excluding carboxylic acids is 1. The summed E-state index contributed by atoms with van der Waals surface area (Å²) in [5, 5.41) is 3.27. The first-order valence-electron chi connectivity index (χ1n) is 7.91. The Bertz CT molecular complexity index is 350. The van der Waals surface area contributed by atoms with E-state index in [9.17, 15) is 4.79 Å². The fraction of sp³-hybridized carbons (Fsp3) is 0.867. The maximum Gasteiger partial charge on any atom is 0.310 e. The number of hydrogen-bond donors (Lipinski definition) is 1. The van der Waals surface area contributed by atoms with Crippen LogP contribution < -0.4 is 5.32 Å². The van der Waals surface area contributed by atoms with Crippen LogP contribution in [0.4, 0.5) is 0 Å². The van der Waals surface area contributed by atoms with Crippen LogP contribution in [0.2, 0.25) is 0 Å². The summed E-state index contributed by atoms with van der Waals surface area (Å²) in [5.74, 6) is 0.639. The summed E-state index contributed by atoms with van der Waals surface area (Å²) < 4.78 is 15.5. The first-order chi connectivity index (χ1) is 10.7. The first kappa shape index (κ1) is 18.7. The first-order valence-corrected chi connectivity index (χ1v) is 7.91. The SMILES string of the molecule is CCOC(=O)C1CCCN(C(=NC)NCCOCCOC)C1. The van der Waals surface area contributed by atoms with Gasteiger partial charge in [-0.3, -0.25) is 9.79 Å². The highest BCUT2D eigenvalue weighted by Crippen LogP contribution is 2.17. The number of aliphatic imine (C=N–C) groups is 1. The lowest BCUT2D eigenvalue weighted by Gasteiger charge is -2.33. The third-order valence-electron chi connectivity index (χ3n) is 3.51. The number of methoxy groups -OCH3 is 1. The smallest absolute Gasteiger partial charge is 0.310 e. The molecule has 0 aromatic carbocycles. The topological polar surface area (TPSA) is 72.4 Å². The largest absolute Gasteiger partial charge is 0.466 e. The third kappa shape index (κ3) is 6.62. The second-order valence-corrected chi connectivity index (χ2v) is 5.12. The van der Waals surface area contributed by atoms with Gasteiger partial charge in [0.25, 0.3) is 0 Å². The minimum absolute atomic E-state index is 0.0646. The number of carbonyl (C=O) groups is 1. The average molecular weight is 315 g/mol. The van der Waals surface area contributed by atoms with Gasteiger partial charge in [-0.1, -0.05) is 0 Å². The molecule has 1 N–H and O–H groups in total. The monoisotopic (exact) mass is 315 g/mol. The zero-order chi connectivity index (χ0) is 16.2. The molecule has 1 aliphatic heterocycles. The van der Waals surface area contributed by atoms with E-state index in [1.807, 2.05) is 6.92 Å². The quantitative estimate of drug-likeness (QED) is 0.304. The van der Waals surface area contributed by atoms with E-state index >= 15 is 0 Å². The molecular formula is C15H29N3O4. The van der Waals surface area contributed by atoms with E-state index in [2.05, 4.69) is 15.2 Å². The Morgan fingerprint density at radius 1 is 1.36 bits per heavy atom. The van der Waals surface area contributed by atoms with Crippen molar-refractivity contribution in [3.8, 4) is 0 Å². The second-order valence-electron chi connectivity index (χ2n) is 5.12. The number of esters is 1. The van der Waals surface area contributed by atoms with Crippen LogP contribution in [0.1, 0.15) is 19.8 Å². The third-order valence-corrected chi connectivity index (χ3v) is 3.51. The van der Waals surface area contributed by atoms with E-state index in [0.717, 1.165) is 25.3 Å². The summed E-state index contributed by atoms with van der Waals surface area (Å²) in [4.78, 5) is 18.3. The van der Waals surface area contributed by atoms with Crippen molar-refractivity contribution in [1.29, 1.82) is 0 Å². The van der Waals surface area contributed by atoms with Gasteiger partial charge in [-0.15, -0.1) is 0 Å². The molecule has 128 valence electrons. The van der Waals surface area contributed by atoms with Gasteiger partial charge in [-0.25, -0.2) is 0 Å². The number of ether oxygens (including phenoxy) is 3. The minimum atomic E-state index is -0.106. The molecule has 1 aliphatic rings. The Kier molecular flexibility index (Phi) is 9.57. The Morgan fingerprint density at radius 3 is 2.86 bits per heavy atom.